The molecule has 3 nitrogen and oxygen atoms in total. The minimum atomic E-state index is 0.425. The summed E-state index contributed by atoms with van der Waals surface area (Å²) in [6.45, 7) is 0. The normalized spacial score (nSPS) is 10.3. The van der Waals surface area contributed by atoms with Gasteiger partial charge in [-0.2, -0.15) is 5.10 Å². The summed E-state index contributed by atoms with van der Waals surface area (Å²) in [4.78, 5) is 0. The molecule has 6 heteroatoms. The first kappa shape index (κ1) is 12.2. The van der Waals surface area contributed by atoms with Gasteiger partial charge in [0.15, 0.2) is 5.11 Å². The molecular formula is C9H9Cl2N3S. The molecule has 0 radical (unpaired) electrons. The summed E-state index contributed by atoms with van der Waals surface area (Å²) < 4.78 is 0. The van der Waals surface area contributed by atoms with Crippen LogP contribution in [0.3, 0.4) is 0 Å². The fourth-order valence-electron chi connectivity index (χ4n) is 0.845. The SMILES string of the molecule is CNC(=S)N/N=C/c1c(Cl)cccc1Cl. The lowest BCUT2D eigenvalue weighted by molar-refractivity contribution is 0.982. The van der Waals surface area contributed by atoms with Crippen molar-refractivity contribution in [2.24, 2.45) is 5.10 Å². The Morgan fingerprint density at radius 1 is 1.40 bits per heavy atom. The Kier molecular flexibility index (Phi) is 4.81. The molecule has 0 bridgehead atoms. The van der Waals surface area contributed by atoms with Crippen molar-refractivity contribution in [1.29, 1.82) is 0 Å². The fourth-order valence-corrected chi connectivity index (χ4v) is 1.39. The molecule has 15 heavy (non-hydrogen) atoms. The first-order valence-corrected chi connectivity index (χ1v) is 5.26. The van der Waals surface area contributed by atoms with E-state index >= 15 is 0 Å². The van der Waals surface area contributed by atoms with Crippen molar-refractivity contribution < 1.29 is 0 Å². The monoisotopic (exact) mass is 261 g/mol. The van der Waals surface area contributed by atoms with Crippen LogP contribution in [0.2, 0.25) is 10.0 Å². The van der Waals surface area contributed by atoms with Crippen LogP contribution in [0.25, 0.3) is 0 Å². The van der Waals surface area contributed by atoms with Gasteiger partial charge in [0.2, 0.25) is 0 Å². The van der Waals surface area contributed by atoms with Crippen LogP contribution >= 0.6 is 35.4 Å². The topological polar surface area (TPSA) is 36.4 Å². The van der Waals surface area contributed by atoms with Crippen LogP contribution in [0.1, 0.15) is 5.56 Å². The summed E-state index contributed by atoms with van der Waals surface area (Å²) in [6.07, 6.45) is 1.52. The zero-order valence-electron chi connectivity index (χ0n) is 7.92. The van der Waals surface area contributed by atoms with Crippen LogP contribution in [-0.4, -0.2) is 18.4 Å². The number of thiocarbonyl (C=S) groups is 1. The zero-order chi connectivity index (χ0) is 11.3. The van der Waals surface area contributed by atoms with Gasteiger partial charge in [0.25, 0.3) is 0 Å². The van der Waals surface area contributed by atoms with Gasteiger partial charge in [-0.05, 0) is 24.4 Å². The maximum atomic E-state index is 5.93. The second-order valence-corrected chi connectivity index (χ2v) is 3.81. The quantitative estimate of drug-likeness (QED) is 0.488. The summed E-state index contributed by atoms with van der Waals surface area (Å²) >= 11 is 16.7. The molecule has 0 saturated heterocycles. The molecule has 0 amide bonds. The van der Waals surface area contributed by atoms with Crippen LogP contribution in [0.15, 0.2) is 23.3 Å². The van der Waals surface area contributed by atoms with E-state index in [9.17, 15) is 0 Å². The van der Waals surface area contributed by atoms with Gasteiger partial charge < -0.3 is 5.32 Å². The Bertz CT molecular complexity index is 373. The number of benzene rings is 1. The van der Waals surface area contributed by atoms with Crippen LogP contribution < -0.4 is 10.7 Å². The first-order valence-electron chi connectivity index (χ1n) is 4.10. The van der Waals surface area contributed by atoms with E-state index in [1.807, 2.05) is 0 Å². The Balaban J connectivity index is 2.76. The van der Waals surface area contributed by atoms with E-state index in [4.69, 9.17) is 35.4 Å². The Morgan fingerprint density at radius 2 is 2.00 bits per heavy atom. The summed E-state index contributed by atoms with van der Waals surface area (Å²) in [6, 6.07) is 5.25. The van der Waals surface area contributed by atoms with Crippen molar-refractivity contribution >= 4 is 46.7 Å². The molecule has 0 atom stereocenters. The predicted molar refractivity (Wildman–Crippen MR) is 68.8 cm³/mol. The molecule has 1 aromatic carbocycles. The van der Waals surface area contributed by atoms with Gasteiger partial charge >= 0.3 is 0 Å². The van der Waals surface area contributed by atoms with Crippen molar-refractivity contribution in [2.45, 2.75) is 0 Å². The van der Waals surface area contributed by atoms with E-state index in [1.54, 1.807) is 25.2 Å². The Labute approximate surface area is 103 Å². The third-order valence-electron chi connectivity index (χ3n) is 1.59. The van der Waals surface area contributed by atoms with Crippen molar-refractivity contribution in [3.8, 4) is 0 Å². The van der Waals surface area contributed by atoms with Gasteiger partial charge in [-0.25, -0.2) is 0 Å². The van der Waals surface area contributed by atoms with Crippen molar-refractivity contribution in [3.63, 3.8) is 0 Å². The van der Waals surface area contributed by atoms with Crippen molar-refractivity contribution in [3.05, 3.63) is 33.8 Å². The molecular weight excluding hydrogens is 253 g/mol. The Hall–Kier alpha value is -0.840. The lowest BCUT2D eigenvalue weighted by Gasteiger charge is -2.02. The smallest absolute Gasteiger partial charge is 0.186 e. The molecule has 0 aromatic heterocycles. The third-order valence-corrected chi connectivity index (χ3v) is 2.54. The lowest BCUT2D eigenvalue weighted by atomic mass is 10.2. The van der Waals surface area contributed by atoms with E-state index in [-0.39, 0.29) is 0 Å². The van der Waals surface area contributed by atoms with Gasteiger partial charge in [-0.1, -0.05) is 29.3 Å². The van der Waals surface area contributed by atoms with Gasteiger partial charge in [-0.15, -0.1) is 0 Å². The van der Waals surface area contributed by atoms with E-state index < -0.39 is 0 Å². The van der Waals surface area contributed by atoms with E-state index in [0.717, 1.165) is 0 Å². The summed E-state index contributed by atoms with van der Waals surface area (Å²) in [7, 11) is 1.70. The van der Waals surface area contributed by atoms with Crippen LogP contribution in [0.4, 0.5) is 0 Å². The van der Waals surface area contributed by atoms with Gasteiger partial charge in [0.05, 0.1) is 16.3 Å². The molecule has 0 saturated carbocycles. The number of hydrogen-bond donors (Lipinski definition) is 2. The highest BCUT2D eigenvalue weighted by molar-refractivity contribution is 7.80. The van der Waals surface area contributed by atoms with Gasteiger partial charge in [-0.3, -0.25) is 5.43 Å². The number of hydrogen-bond acceptors (Lipinski definition) is 2. The predicted octanol–water partition coefficient (Wildman–Crippen LogP) is 2.42. The summed E-state index contributed by atoms with van der Waals surface area (Å²) in [5, 5.41) is 8.12. The summed E-state index contributed by atoms with van der Waals surface area (Å²) in [5.41, 5.74) is 3.27. The minimum Gasteiger partial charge on any atom is -0.364 e. The number of nitrogens with zero attached hydrogens (tertiary/aromatic N) is 1. The molecule has 0 unspecified atom stereocenters. The van der Waals surface area contributed by atoms with Crippen LogP contribution in [0.5, 0.6) is 0 Å². The first-order chi connectivity index (χ1) is 7.15. The molecule has 1 aromatic rings. The molecule has 0 spiro atoms. The molecule has 0 heterocycles. The van der Waals surface area contributed by atoms with Gasteiger partial charge in [0, 0.05) is 12.6 Å². The fraction of sp³-hybridized carbons (Fsp3) is 0.111. The highest BCUT2D eigenvalue weighted by Crippen LogP contribution is 2.21. The molecule has 0 fully saturated rings. The van der Waals surface area contributed by atoms with E-state index in [2.05, 4.69) is 15.8 Å². The maximum Gasteiger partial charge on any atom is 0.186 e. The molecule has 0 aliphatic heterocycles. The third kappa shape index (κ3) is 3.66. The molecule has 2 N–H and O–H groups in total. The maximum absolute atomic E-state index is 5.93. The molecule has 0 aliphatic rings. The summed E-state index contributed by atoms with van der Waals surface area (Å²) in [5.74, 6) is 0. The minimum absolute atomic E-state index is 0.425. The Morgan fingerprint density at radius 3 is 2.53 bits per heavy atom. The van der Waals surface area contributed by atoms with Crippen molar-refractivity contribution in [2.75, 3.05) is 7.05 Å². The highest BCUT2D eigenvalue weighted by Gasteiger charge is 2.01. The van der Waals surface area contributed by atoms with Crippen LogP contribution in [-0.2, 0) is 0 Å². The standard InChI is InChI=1S/C9H9Cl2N3S/c1-12-9(15)14-13-5-6-7(10)3-2-4-8(6)11/h2-5H,1H3,(H2,12,14,15)/b13-5+. The number of halogens is 2. The largest absolute Gasteiger partial charge is 0.364 e. The van der Waals surface area contributed by atoms with E-state index in [0.29, 0.717) is 20.7 Å². The average Bonchev–Trinajstić information content (AvgIpc) is 2.22. The lowest BCUT2D eigenvalue weighted by Crippen LogP contribution is -2.28. The second-order valence-electron chi connectivity index (χ2n) is 2.58. The molecule has 0 aliphatic carbocycles. The molecule has 1 rings (SSSR count). The second kappa shape index (κ2) is 5.90. The van der Waals surface area contributed by atoms with Gasteiger partial charge in [0.1, 0.15) is 0 Å². The van der Waals surface area contributed by atoms with Crippen LogP contribution in [0, 0.1) is 0 Å². The highest BCUT2D eigenvalue weighted by atomic mass is 35.5. The number of rotatable bonds is 2. The number of nitrogens with one attached hydrogen (secondary N) is 2. The zero-order valence-corrected chi connectivity index (χ0v) is 10.2. The average molecular weight is 262 g/mol. The van der Waals surface area contributed by atoms with E-state index in [1.165, 1.54) is 6.21 Å². The van der Waals surface area contributed by atoms with Crippen molar-refractivity contribution in [1.82, 2.24) is 10.7 Å². The number of hydrazone groups is 1. The molecule has 80 valence electrons.